The number of amides is 1. The van der Waals surface area contributed by atoms with Gasteiger partial charge in [-0.15, -0.1) is 0 Å². The molecule has 3 aromatic rings. The third-order valence-corrected chi connectivity index (χ3v) is 3.68. The van der Waals surface area contributed by atoms with E-state index < -0.39 is 0 Å². The second-order valence-corrected chi connectivity index (χ2v) is 5.39. The van der Waals surface area contributed by atoms with Crippen LogP contribution in [0.25, 0.3) is 10.9 Å². The molecule has 1 N–H and O–H groups in total. The maximum atomic E-state index is 12.2. The first-order chi connectivity index (χ1) is 10.7. The Balaban J connectivity index is 1.61. The summed E-state index contributed by atoms with van der Waals surface area (Å²) >= 11 is 0. The fraction of sp³-hybridized carbons (Fsp3) is 0.235. The number of hydrogen-bond acceptors (Lipinski definition) is 3. The Kier molecular flexibility index (Phi) is 4.14. The monoisotopic (exact) mass is 294 g/mol. The second-order valence-electron chi connectivity index (χ2n) is 5.39. The number of pyridine rings is 1. The topological polar surface area (TPSA) is 61.9 Å². The fourth-order valence-electron chi connectivity index (χ4n) is 2.42. The quantitative estimate of drug-likeness (QED) is 0.786. The third-order valence-electron chi connectivity index (χ3n) is 3.68. The number of aromatic amines is 1. The molecule has 0 saturated heterocycles. The minimum absolute atomic E-state index is 0.120. The number of aromatic nitrogens is 3. The summed E-state index contributed by atoms with van der Waals surface area (Å²) in [5.74, 6) is 0.120. The van der Waals surface area contributed by atoms with Gasteiger partial charge in [0.2, 0.25) is 5.91 Å². The van der Waals surface area contributed by atoms with Gasteiger partial charge in [0.25, 0.3) is 0 Å². The summed E-state index contributed by atoms with van der Waals surface area (Å²) in [6, 6.07) is 10.1. The molecular formula is C17H18N4O. The van der Waals surface area contributed by atoms with E-state index in [4.69, 9.17) is 0 Å². The molecule has 112 valence electrons. The molecule has 1 amide bonds. The molecule has 0 fully saturated rings. The number of carbonyl (C=O) groups is 1. The molecule has 5 heteroatoms. The summed E-state index contributed by atoms with van der Waals surface area (Å²) in [4.78, 5) is 18.4. The van der Waals surface area contributed by atoms with Gasteiger partial charge in [-0.3, -0.25) is 14.9 Å². The van der Waals surface area contributed by atoms with Crippen LogP contribution in [0, 0.1) is 0 Å². The first kappa shape index (κ1) is 14.3. The van der Waals surface area contributed by atoms with E-state index in [0.717, 1.165) is 22.0 Å². The normalized spacial score (nSPS) is 10.8. The summed E-state index contributed by atoms with van der Waals surface area (Å²) in [5.41, 5.74) is 3.06. The predicted octanol–water partition coefficient (Wildman–Crippen LogP) is 2.55. The summed E-state index contributed by atoms with van der Waals surface area (Å²) in [6.45, 7) is 0.571. The molecule has 0 aliphatic heterocycles. The number of hydrogen-bond donors (Lipinski definition) is 1. The van der Waals surface area contributed by atoms with Crippen LogP contribution in [0.5, 0.6) is 0 Å². The van der Waals surface area contributed by atoms with Gasteiger partial charge in [-0.25, -0.2) is 0 Å². The van der Waals surface area contributed by atoms with Crippen molar-refractivity contribution < 1.29 is 4.79 Å². The predicted molar refractivity (Wildman–Crippen MR) is 85.1 cm³/mol. The number of rotatable bonds is 5. The van der Waals surface area contributed by atoms with Crippen molar-refractivity contribution in [3.8, 4) is 0 Å². The maximum Gasteiger partial charge on any atom is 0.222 e. The Bertz CT molecular complexity index is 767. The van der Waals surface area contributed by atoms with Gasteiger partial charge >= 0.3 is 0 Å². The van der Waals surface area contributed by atoms with Gasteiger partial charge in [-0.2, -0.15) is 5.10 Å². The Morgan fingerprint density at radius 1 is 1.23 bits per heavy atom. The molecule has 0 radical (unpaired) electrons. The Hall–Kier alpha value is -2.69. The third kappa shape index (κ3) is 3.31. The molecular weight excluding hydrogens is 276 g/mol. The van der Waals surface area contributed by atoms with Crippen LogP contribution in [0.4, 0.5) is 0 Å². The van der Waals surface area contributed by atoms with E-state index in [9.17, 15) is 4.79 Å². The van der Waals surface area contributed by atoms with Gasteiger partial charge in [0.15, 0.2) is 0 Å². The number of fused-ring (bicyclic) bond motifs is 1. The van der Waals surface area contributed by atoms with Gasteiger partial charge in [0.1, 0.15) is 0 Å². The van der Waals surface area contributed by atoms with Crippen molar-refractivity contribution in [2.45, 2.75) is 19.4 Å². The zero-order valence-electron chi connectivity index (χ0n) is 12.5. The molecule has 3 rings (SSSR count). The number of nitrogens with zero attached hydrogens (tertiary/aromatic N) is 3. The lowest BCUT2D eigenvalue weighted by atomic mass is 10.1. The number of benzene rings is 1. The highest BCUT2D eigenvalue weighted by Gasteiger charge is 2.10. The molecule has 0 unspecified atom stereocenters. The smallest absolute Gasteiger partial charge is 0.222 e. The number of nitrogens with one attached hydrogen (secondary N) is 1. The first-order valence-corrected chi connectivity index (χ1v) is 7.27. The van der Waals surface area contributed by atoms with E-state index in [-0.39, 0.29) is 5.91 Å². The van der Waals surface area contributed by atoms with Gasteiger partial charge < -0.3 is 4.90 Å². The highest BCUT2D eigenvalue weighted by molar-refractivity contribution is 5.79. The lowest BCUT2D eigenvalue weighted by Crippen LogP contribution is -2.26. The number of para-hydroxylation sites is 1. The lowest BCUT2D eigenvalue weighted by Gasteiger charge is -2.17. The summed E-state index contributed by atoms with van der Waals surface area (Å²) in [6.07, 6.45) is 6.59. The lowest BCUT2D eigenvalue weighted by molar-refractivity contribution is -0.130. The van der Waals surface area contributed by atoms with Gasteiger partial charge in [0, 0.05) is 37.8 Å². The van der Waals surface area contributed by atoms with Gasteiger partial charge in [0.05, 0.1) is 11.7 Å². The maximum absolute atomic E-state index is 12.2. The molecule has 5 nitrogen and oxygen atoms in total. The minimum Gasteiger partial charge on any atom is -0.341 e. The van der Waals surface area contributed by atoms with Gasteiger partial charge in [-0.05, 0) is 29.7 Å². The minimum atomic E-state index is 0.120. The van der Waals surface area contributed by atoms with Crippen LogP contribution < -0.4 is 0 Å². The van der Waals surface area contributed by atoms with E-state index in [1.807, 2.05) is 43.7 Å². The van der Waals surface area contributed by atoms with E-state index in [1.165, 1.54) is 0 Å². The molecule has 22 heavy (non-hydrogen) atoms. The van der Waals surface area contributed by atoms with E-state index >= 15 is 0 Å². The first-order valence-electron chi connectivity index (χ1n) is 7.27. The van der Waals surface area contributed by atoms with E-state index in [1.54, 1.807) is 11.1 Å². The Morgan fingerprint density at radius 3 is 2.91 bits per heavy atom. The van der Waals surface area contributed by atoms with Crippen molar-refractivity contribution >= 4 is 16.8 Å². The summed E-state index contributed by atoms with van der Waals surface area (Å²) < 4.78 is 0. The fourth-order valence-corrected chi connectivity index (χ4v) is 2.42. The average Bonchev–Trinajstić information content (AvgIpc) is 3.06. The standard InChI is InChI=1S/C17H18N4O/c1-21(17(22)7-6-13-10-19-20-11-13)12-14-8-15-4-2-3-5-16(15)18-9-14/h2-5,8-11H,6-7,12H2,1H3,(H,19,20). The highest BCUT2D eigenvalue weighted by Crippen LogP contribution is 2.14. The zero-order valence-corrected chi connectivity index (χ0v) is 12.5. The molecule has 0 atom stereocenters. The van der Waals surface area contributed by atoms with Crippen LogP contribution in [0.2, 0.25) is 0 Å². The van der Waals surface area contributed by atoms with Crippen molar-refractivity contribution in [1.29, 1.82) is 0 Å². The number of aryl methyl sites for hydroxylation is 1. The van der Waals surface area contributed by atoms with Crippen LogP contribution in [-0.2, 0) is 17.8 Å². The SMILES string of the molecule is CN(Cc1cnc2ccccc2c1)C(=O)CCc1cn[nH]c1. The van der Waals surface area contributed by atoms with Crippen LogP contribution >= 0.6 is 0 Å². The second kappa shape index (κ2) is 6.39. The van der Waals surface area contributed by atoms with Crippen molar-refractivity contribution in [2.75, 3.05) is 7.05 Å². The van der Waals surface area contributed by atoms with E-state index in [0.29, 0.717) is 19.4 Å². The molecule has 0 spiro atoms. The molecule has 0 saturated carbocycles. The molecule has 0 bridgehead atoms. The van der Waals surface area contributed by atoms with Crippen LogP contribution in [-0.4, -0.2) is 33.0 Å². The summed E-state index contributed by atoms with van der Waals surface area (Å²) in [7, 11) is 1.83. The molecule has 2 aromatic heterocycles. The molecule has 0 aliphatic carbocycles. The average molecular weight is 294 g/mol. The van der Waals surface area contributed by atoms with Crippen LogP contribution in [0.1, 0.15) is 17.5 Å². The molecule has 1 aromatic carbocycles. The number of carbonyl (C=O) groups excluding carboxylic acids is 1. The largest absolute Gasteiger partial charge is 0.341 e. The summed E-state index contributed by atoms with van der Waals surface area (Å²) in [5, 5.41) is 7.74. The van der Waals surface area contributed by atoms with Crippen molar-refractivity contribution in [2.24, 2.45) is 0 Å². The van der Waals surface area contributed by atoms with Crippen LogP contribution in [0.15, 0.2) is 48.9 Å². The van der Waals surface area contributed by atoms with Gasteiger partial charge in [-0.1, -0.05) is 18.2 Å². The number of H-pyrrole nitrogens is 1. The molecule has 2 heterocycles. The van der Waals surface area contributed by atoms with Crippen molar-refractivity contribution in [3.05, 3.63) is 60.0 Å². The zero-order chi connectivity index (χ0) is 15.4. The highest BCUT2D eigenvalue weighted by atomic mass is 16.2. The Morgan fingerprint density at radius 2 is 2.09 bits per heavy atom. The Labute approximate surface area is 129 Å². The molecule has 0 aliphatic rings. The van der Waals surface area contributed by atoms with Crippen LogP contribution in [0.3, 0.4) is 0 Å². The van der Waals surface area contributed by atoms with E-state index in [2.05, 4.69) is 21.2 Å². The van der Waals surface area contributed by atoms with Crippen molar-refractivity contribution in [3.63, 3.8) is 0 Å². The van der Waals surface area contributed by atoms with Crippen molar-refractivity contribution in [1.82, 2.24) is 20.1 Å².